The van der Waals surface area contributed by atoms with Crippen LogP contribution >= 0.6 is 0 Å². The van der Waals surface area contributed by atoms with Crippen molar-refractivity contribution < 1.29 is 9.90 Å². The topological polar surface area (TPSA) is 52.6 Å². The van der Waals surface area contributed by atoms with Gasteiger partial charge in [0.05, 0.1) is 6.54 Å². The molecule has 4 heteroatoms. The lowest BCUT2D eigenvalue weighted by Gasteiger charge is -2.20. The molecule has 1 unspecified atom stereocenters. The highest BCUT2D eigenvalue weighted by atomic mass is 16.4. The van der Waals surface area contributed by atoms with E-state index in [2.05, 4.69) is 11.3 Å². The number of rotatable bonds is 3. The van der Waals surface area contributed by atoms with Crippen LogP contribution in [0.3, 0.4) is 0 Å². The molecule has 0 aromatic heterocycles. The van der Waals surface area contributed by atoms with Gasteiger partial charge < -0.3 is 5.11 Å². The van der Waals surface area contributed by atoms with Gasteiger partial charge in [-0.1, -0.05) is 5.92 Å². The van der Waals surface area contributed by atoms with Gasteiger partial charge in [-0.2, -0.15) is 0 Å². The van der Waals surface area contributed by atoms with Crippen LogP contribution in [-0.2, 0) is 4.79 Å². The zero-order valence-corrected chi connectivity index (χ0v) is 6.79. The number of nitrogens with one attached hydrogen (secondary N) is 1. The summed E-state index contributed by atoms with van der Waals surface area (Å²) >= 11 is 0. The van der Waals surface area contributed by atoms with E-state index in [0.29, 0.717) is 13.0 Å². The van der Waals surface area contributed by atoms with Crippen LogP contribution in [0, 0.1) is 12.3 Å². The molecule has 2 N–H and O–H groups in total. The first-order valence-corrected chi connectivity index (χ1v) is 3.92. The second-order valence-electron chi connectivity index (χ2n) is 2.73. The van der Waals surface area contributed by atoms with Gasteiger partial charge in [0.1, 0.15) is 6.04 Å². The molecule has 1 heterocycles. The van der Waals surface area contributed by atoms with Crippen molar-refractivity contribution in [3.05, 3.63) is 0 Å². The molecule has 0 spiro atoms. The molecular formula is C8H12N2O2. The Labute approximate surface area is 71.5 Å². The van der Waals surface area contributed by atoms with Crippen LogP contribution in [0.5, 0.6) is 0 Å². The second-order valence-corrected chi connectivity index (χ2v) is 2.73. The summed E-state index contributed by atoms with van der Waals surface area (Å²) in [5.41, 5.74) is 2.88. The van der Waals surface area contributed by atoms with Crippen LogP contribution in [0.2, 0.25) is 0 Å². The summed E-state index contributed by atoms with van der Waals surface area (Å²) in [5, 5.41) is 10.4. The highest BCUT2D eigenvalue weighted by molar-refractivity contribution is 5.73. The number of carboxylic acids is 1. The average Bonchev–Trinajstić information content (AvgIpc) is 2.48. The summed E-state index contributed by atoms with van der Waals surface area (Å²) in [6.07, 6.45) is 6.65. The number of hydrogen-bond acceptors (Lipinski definition) is 3. The minimum Gasteiger partial charge on any atom is -0.480 e. The first-order chi connectivity index (χ1) is 5.75. The van der Waals surface area contributed by atoms with E-state index in [1.165, 1.54) is 0 Å². The van der Waals surface area contributed by atoms with Crippen molar-refractivity contribution in [1.29, 1.82) is 0 Å². The largest absolute Gasteiger partial charge is 0.480 e. The van der Waals surface area contributed by atoms with E-state index in [1.54, 1.807) is 5.01 Å². The fraction of sp³-hybridized carbons (Fsp3) is 0.625. The molecule has 0 amide bonds. The molecule has 66 valence electrons. The van der Waals surface area contributed by atoms with E-state index in [9.17, 15) is 4.79 Å². The highest BCUT2D eigenvalue weighted by Crippen LogP contribution is 2.14. The molecule has 0 aromatic rings. The van der Waals surface area contributed by atoms with Crippen molar-refractivity contribution in [3.8, 4) is 12.3 Å². The second kappa shape index (κ2) is 4.10. The predicted octanol–water partition coefficient (Wildman–Crippen LogP) is -0.327. The molecule has 1 saturated heterocycles. The van der Waals surface area contributed by atoms with E-state index in [1.807, 2.05) is 0 Å². The molecule has 1 aliphatic rings. The quantitative estimate of drug-likeness (QED) is 0.567. The maximum absolute atomic E-state index is 10.6. The molecule has 0 aliphatic carbocycles. The van der Waals surface area contributed by atoms with Crippen LogP contribution in [0.25, 0.3) is 0 Å². The van der Waals surface area contributed by atoms with Crippen molar-refractivity contribution >= 4 is 5.97 Å². The number of aliphatic carboxylic acids is 1. The smallest absolute Gasteiger partial charge is 0.322 e. The molecule has 0 bridgehead atoms. The maximum atomic E-state index is 10.6. The third-order valence-corrected chi connectivity index (χ3v) is 1.92. The van der Waals surface area contributed by atoms with Crippen molar-refractivity contribution in [2.45, 2.75) is 18.9 Å². The molecule has 12 heavy (non-hydrogen) atoms. The highest BCUT2D eigenvalue weighted by Gasteiger charge is 2.29. The summed E-state index contributed by atoms with van der Waals surface area (Å²) in [4.78, 5) is 10.6. The number of terminal acetylenes is 1. The lowest BCUT2D eigenvalue weighted by molar-refractivity contribution is -0.143. The molecule has 0 radical (unpaired) electrons. The van der Waals surface area contributed by atoms with Crippen LogP contribution in [0.4, 0.5) is 0 Å². The summed E-state index contributed by atoms with van der Waals surface area (Å²) in [6, 6.07) is -0.404. The number of nitrogens with zero attached hydrogens (tertiary/aromatic N) is 1. The van der Waals surface area contributed by atoms with Gasteiger partial charge in [-0.3, -0.25) is 4.79 Å². The Balaban J connectivity index is 2.42. The first-order valence-electron chi connectivity index (χ1n) is 3.92. The fourth-order valence-electron chi connectivity index (χ4n) is 1.36. The average molecular weight is 168 g/mol. The Morgan fingerprint density at radius 2 is 2.58 bits per heavy atom. The van der Waals surface area contributed by atoms with Crippen molar-refractivity contribution in [2.75, 3.05) is 13.1 Å². The van der Waals surface area contributed by atoms with E-state index in [-0.39, 0.29) is 0 Å². The molecule has 0 aromatic carbocycles. The Morgan fingerprint density at radius 1 is 1.83 bits per heavy atom. The molecule has 0 saturated carbocycles. The molecular weight excluding hydrogens is 156 g/mol. The minimum atomic E-state index is -0.781. The lowest BCUT2D eigenvalue weighted by atomic mass is 10.2. The molecule has 1 aliphatic heterocycles. The summed E-state index contributed by atoms with van der Waals surface area (Å²) in [7, 11) is 0. The van der Waals surface area contributed by atoms with E-state index < -0.39 is 12.0 Å². The standard InChI is InChI=1S/C8H12N2O2/c1-2-5-9-10-6-3-4-7(10)8(11)12/h1,7,9H,3-6H2,(H,11,12). The van der Waals surface area contributed by atoms with Crippen LogP contribution in [0.1, 0.15) is 12.8 Å². The summed E-state index contributed by atoms with van der Waals surface area (Å²) in [6.45, 7) is 1.16. The van der Waals surface area contributed by atoms with Gasteiger partial charge in [0.25, 0.3) is 0 Å². The number of hydrogen-bond donors (Lipinski definition) is 2. The molecule has 4 nitrogen and oxygen atoms in total. The third kappa shape index (κ3) is 1.97. The normalized spacial score (nSPS) is 23.8. The third-order valence-electron chi connectivity index (χ3n) is 1.92. The summed E-state index contributed by atoms with van der Waals surface area (Å²) in [5.74, 6) is 1.63. The Morgan fingerprint density at radius 3 is 3.17 bits per heavy atom. The first kappa shape index (κ1) is 9.04. The van der Waals surface area contributed by atoms with Crippen LogP contribution in [-0.4, -0.2) is 35.2 Å². The van der Waals surface area contributed by atoms with Gasteiger partial charge in [-0.25, -0.2) is 10.4 Å². The van der Waals surface area contributed by atoms with Gasteiger partial charge in [-0.05, 0) is 12.8 Å². The Hall–Kier alpha value is -1.05. The number of hydrazine groups is 1. The zero-order valence-electron chi connectivity index (χ0n) is 6.79. The van der Waals surface area contributed by atoms with Gasteiger partial charge in [-0.15, -0.1) is 6.42 Å². The van der Waals surface area contributed by atoms with Gasteiger partial charge in [0.15, 0.2) is 0 Å². The van der Waals surface area contributed by atoms with Gasteiger partial charge in [0, 0.05) is 6.54 Å². The zero-order chi connectivity index (χ0) is 8.97. The van der Waals surface area contributed by atoms with Crippen molar-refractivity contribution in [1.82, 2.24) is 10.4 Å². The fourth-order valence-corrected chi connectivity index (χ4v) is 1.36. The van der Waals surface area contributed by atoms with Gasteiger partial charge in [0.2, 0.25) is 0 Å². The Bertz CT molecular complexity index is 210. The molecule has 1 rings (SSSR count). The Kier molecular flexibility index (Phi) is 3.09. The molecule has 1 fully saturated rings. The summed E-state index contributed by atoms with van der Waals surface area (Å²) < 4.78 is 0. The van der Waals surface area contributed by atoms with Crippen molar-refractivity contribution in [2.24, 2.45) is 0 Å². The van der Waals surface area contributed by atoms with Crippen LogP contribution in [0.15, 0.2) is 0 Å². The number of carbonyl (C=O) groups is 1. The van der Waals surface area contributed by atoms with Crippen molar-refractivity contribution in [3.63, 3.8) is 0 Å². The van der Waals surface area contributed by atoms with Gasteiger partial charge >= 0.3 is 5.97 Å². The van der Waals surface area contributed by atoms with E-state index in [0.717, 1.165) is 13.0 Å². The number of carboxylic acid groups (broad SMARTS) is 1. The maximum Gasteiger partial charge on any atom is 0.322 e. The molecule has 1 atom stereocenters. The monoisotopic (exact) mass is 168 g/mol. The van der Waals surface area contributed by atoms with Crippen LogP contribution < -0.4 is 5.43 Å². The van der Waals surface area contributed by atoms with E-state index >= 15 is 0 Å². The SMILES string of the molecule is C#CCNN1CCCC1C(=O)O. The minimum absolute atomic E-state index is 0.393. The lowest BCUT2D eigenvalue weighted by Crippen LogP contribution is -2.45. The predicted molar refractivity (Wildman–Crippen MR) is 44.2 cm³/mol. The van der Waals surface area contributed by atoms with E-state index in [4.69, 9.17) is 11.5 Å².